The Morgan fingerprint density at radius 3 is 2.89 bits per heavy atom. The van der Waals surface area contributed by atoms with Gasteiger partial charge in [0.2, 0.25) is 5.78 Å². The van der Waals surface area contributed by atoms with E-state index in [9.17, 15) is 9.59 Å². The summed E-state index contributed by atoms with van der Waals surface area (Å²) in [7, 11) is 1.42. The van der Waals surface area contributed by atoms with E-state index >= 15 is 0 Å². The Balaban J connectivity index is 2.40. The molecular formula is C14H10BrNO3. The third-order valence-corrected chi connectivity index (χ3v) is 3.16. The second kappa shape index (κ2) is 5.89. The van der Waals surface area contributed by atoms with Crippen molar-refractivity contribution in [2.24, 2.45) is 4.99 Å². The van der Waals surface area contributed by atoms with Gasteiger partial charge in [-0.25, -0.2) is 4.79 Å². The number of carbonyl (C=O) groups is 1. The first-order valence-corrected chi connectivity index (χ1v) is 6.29. The summed E-state index contributed by atoms with van der Waals surface area (Å²) in [6, 6.07) is 6.96. The second-order valence-corrected chi connectivity index (χ2v) is 4.76. The zero-order chi connectivity index (χ0) is 13.8. The van der Waals surface area contributed by atoms with E-state index in [2.05, 4.69) is 20.9 Å². The van der Waals surface area contributed by atoms with E-state index in [4.69, 9.17) is 4.74 Å². The number of nitrogens with zero attached hydrogens (tertiary/aromatic N) is 1. The fraction of sp³-hybridized carbons (Fsp3) is 0.143. The van der Waals surface area contributed by atoms with Gasteiger partial charge in [-0.2, -0.15) is 0 Å². The average Bonchev–Trinajstić information content (AvgIpc) is 2.45. The van der Waals surface area contributed by atoms with Gasteiger partial charge in [0, 0.05) is 23.3 Å². The van der Waals surface area contributed by atoms with Crippen molar-refractivity contribution in [3.8, 4) is 0 Å². The van der Waals surface area contributed by atoms with E-state index in [0.717, 1.165) is 4.47 Å². The summed E-state index contributed by atoms with van der Waals surface area (Å²) in [5.41, 5.74) is 0.924. The van der Waals surface area contributed by atoms with Gasteiger partial charge in [-0.05, 0) is 18.2 Å². The molecule has 0 amide bonds. The van der Waals surface area contributed by atoms with Crippen LogP contribution in [-0.2, 0) is 9.53 Å². The predicted octanol–water partition coefficient (Wildman–Crippen LogP) is 2.37. The van der Waals surface area contributed by atoms with E-state index in [0.29, 0.717) is 5.56 Å². The Kier molecular flexibility index (Phi) is 4.22. The number of hydrogen-bond acceptors (Lipinski definition) is 4. The molecule has 1 atom stereocenters. The molecule has 5 heteroatoms. The second-order valence-electron chi connectivity index (χ2n) is 3.84. The van der Waals surface area contributed by atoms with Gasteiger partial charge in [0.25, 0.3) is 0 Å². The van der Waals surface area contributed by atoms with Gasteiger partial charge in [0.15, 0.2) is 0 Å². The van der Waals surface area contributed by atoms with Gasteiger partial charge >= 0.3 is 0 Å². The molecule has 0 bridgehead atoms. The van der Waals surface area contributed by atoms with Crippen LogP contribution in [0.15, 0.2) is 51.6 Å². The Hall–Kier alpha value is -1.81. The topological polar surface area (TPSA) is 55.7 Å². The SMILES string of the molecule is COC1C(=C=O)C=CN=C1C(=O)c1cccc(Br)c1. The molecule has 0 spiro atoms. The zero-order valence-corrected chi connectivity index (χ0v) is 11.7. The molecule has 1 aliphatic heterocycles. The summed E-state index contributed by atoms with van der Waals surface area (Å²) in [5, 5.41) is 0. The van der Waals surface area contributed by atoms with Crippen LogP contribution < -0.4 is 0 Å². The smallest absolute Gasteiger partial charge is 0.210 e. The van der Waals surface area contributed by atoms with E-state index in [1.165, 1.54) is 19.4 Å². The third-order valence-electron chi connectivity index (χ3n) is 2.67. The van der Waals surface area contributed by atoms with Crippen molar-refractivity contribution in [1.82, 2.24) is 0 Å². The van der Waals surface area contributed by atoms with Crippen LogP contribution in [0.1, 0.15) is 10.4 Å². The fourth-order valence-corrected chi connectivity index (χ4v) is 2.18. The summed E-state index contributed by atoms with van der Waals surface area (Å²) in [6.45, 7) is 0. The molecule has 1 aromatic carbocycles. The lowest BCUT2D eigenvalue weighted by Gasteiger charge is -2.18. The molecule has 1 aliphatic rings. The van der Waals surface area contributed by atoms with Gasteiger partial charge in [0.05, 0.1) is 5.57 Å². The Labute approximate surface area is 118 Å². The average molecular weight is 320 g/mol. The molecule has 0 radical (unpaired) electrons. The molecule has 2 rings (SSSR count). The van der Waals surface area contributed by atoms with Crippen molar-refractivity contribution in [1.29, 1.82) is 0 Å². The number of carbonyl (C=O) groups excluding carboxylic acids is 2. The molecule has 0 saturated heterocycles. The normalized spacial score (nSPS) is 17.9. The van der Waals surface area contributed by atoms with Crippen molar-refractivity contribution < 1.29 is 14.3 Å². The van der Waals surface area contributed by atoms with Gasteiger partial charge in [-0.15, -0.1) is 0 Å². The maximum Gasteiger partial charge on any atom is 0.210 e. The summed E-state index contributed by atoms with van der Waals surface area (Å²) in [6.07, 6.45) is 2.12. The van der Waals surface area contributed by atoms with Crippen molar-refractivity contribution in [3.63, 3.8) is 0 Å². The lowest BCUT2D eigenvalue weighted by Crippen LogP contribution is -2.33. The molecule has 0 fully saturated rings. The largest absolute Gasteiger partial charge is 0.369 e. The minimum Gasteiger partial charge on any atom is -0.369 e. The maximum atomic E-state index is 12.4. The number of rotatable bonds is 3. The number of aliphatic imine (C=N–C) groups is 1. The van der Waals surface area contributed by atoms with Crippen LogP contribution >= 0.6 is 15.9 Å². The van der Waals surface area contributed by atoms with Crippen molar-refractivity contribution in [2.45, 2.75) is 6.10 Å². The minimum atomic E-state index is -0.769. The van der Waals surface area contributed by atoms with Gasteiger partial charge in [-0.3, -0.25) is 9.79 Å². The van der Waals surface area contributed by atoms with Crippen molar-refractivity contribution >= 4 is 33.4 Å². The van der Waals surface area contributed by atoms with E-state index in [1.807, 2.05) is 6.07 Å². The monoisotopic (exact) mass is 319 g/mol. The first-order valence-electron chi connectivity index (χ1n) is 5.49. The minimum absolute atomic E-state index is 0.182. The highest BCUT2D eigenvalue weighted by molar-refractivity contribution is 9.10. The number of hydrogen-bond donors (Lipinski definition) is 0. The molecule has 0 N–H and O–H groups in total. The quantitative estimate of drug-likeness (QED) is 0.635. The first-order chi connectivity index (χ1) is 9.17. The lowest BCUT2D eigenvalue weighted by molar-refractivity contribution is 0.104. The van der Waals surface area contributed by atoms with Crippen LogP contribution in [0.5, 0.6) is 0 Å². The Morgan fingerprint density at radius 1 is 1.47 bits per heavy atom. The molecule has 4 nitrogen and oxygen atoms in total. The highest BCUT2D eigenvalue weighted by Crippen LogP contribution is 2.18. The lowest BCUT2D eigenvalue weighted by atomic mass is 9.97. The number of Topliss-reactive ketones (excluding diaryl/α,β-unsaturated/α-hetero) is 1. The molecule has 96 valence electrons. The van der Waals surface area contributed by atoms with Crippen LogP contribution in [0.3, 0.4) is 0 Å². The van der Waals surface area contributed by atoms with Crippen molar-refractivity contribution in [3.05, 3.63) is 52.2 Å². The highest BCUT2D eigenvalue weighted by atomic mass is 79.9. The first kappa shape index (κ1) is 13.6. The van der Waals surface area contributed by atoms with Crippen LogP contribution in [-0.4, -0.2) is 30.7 Å². The van der Waals surface area contributed by atoms with Crippen molar-refractivity contribution in [2.75, 3.05) is 7.11 Å². The molecule has 1 unspecified atom stereocenters. The molecule has 0 aliphatic carbocycles. The number of ketones is 1. The van der Waals surface area contributed by atoms with E-state index < -0.39 is 6.10 Å². The molecule has 19 heavy (non-hydrogen) atoms. The highest BCUT2D eigenvalue weighted by Gasteiger charge is 2.28. The molecule has 0 aromatic heterocycles. The van der Waals surface area contributed by atoms with Crippen LogP contribution in [0.25, 0.3) is 0 Å². The summed E-state index contributed by atoms with van der Waals surface area (Å²) in [5.74, 6) is 1.49. The molecular weight excluding hydrogens is 310 g/mol. The summed E-state index contributed by atoms with van der Waals surface area (Å²) < 4.78 is 5.96. The van der Waals surface area contributed by atoms with Crippen LogP contribution in [0, 0.1) is 0 Å². The van der Waals surface area contributed by atoms with Crippen LogP contribution in [0.2, 0.25) is 0 Å². The standard InChI is InChI=1S/C14H10BrNO3/c1-19-14-10(8-17)5-6-16-12(14)13(18)9-3-2-4-11(15)7-9/h2-7,14H,1H3. The van der Waals surface area contributed by atoms with Gasteiger partial charge < -0.3 is 4.74 Å². The van der Waals surface area contributed by atoms with E-state index in [1.54, 1.807) is 24.1 Å². The maximum absolute atomic E-state index is 12.4. The Bertz CT molecular complexity index is 627. The predicted molar refractivity (Wildman–Crippen MR) is 75.1 cm³/mol. The van der Waals surface area contributed by atoms with Gasteiger partial charge in [0.1, 0.15) is 17.8 Å². The Morgan fingerprint density at radius 2 is 2.26 bits per heavy atom. The number of benzene rings is 1. The molecule has 0 saturated carbocycles. The van der Waals surface area contributed by atoms with Gasteiger partial charge in [-0.1, -0.05) is 28.1 Å². The fourth-order valence-electron chi connectivity index (χ4n) is 1.78. The molecule has 1 heterocycles. The summed E-state index contributed by atoms with van der Waals surface area (Å²) >= 11 is 3.31. The summed E-state index contributed by atoms with van der Waals surface area (Å²) in [4.78, 5) is 27.2. The number of halogens is 1. The number of methoxy groups -OCH3 is 1. The zero-order valence-electron chi connectivity index (χ0n) is 10.1. The number of ether oxygens (including phenoxy) is 1. The molecule has 1 aromatic rings. The third kappa shape index (κ3) is 2.79. The van der Waals surface area contributed by atoms with E-state index in [-0.39, 0.29) is 17.1 Å². The van der Waals surface area contributed by atoms with Crippen LogP contribution in [0.4, 0.5) is 0 Å².